The van der Waals surface area contributed by atoms with E-state index in [1.165, 1.54) is 0 Å². The molecule has 0 aliphatic carbocycles. The Labute approximate surface area is 157 Å². The van der Waals surface area contributed by atoms with Crippen molar-refractivity contribution in [1.29, 1.82) is 0 Å². The van der Waals surface area contributed by atoms with Crippen LogP contribution in [0, 0.1) is 5.92 Å². The second-order valence-electron chi connectivity index (χ2n) is 8.02. The summed E-state index contributed by atoms with van der Waals surface area (Å²) in [5, 5.41) is 13.2. The quantitative estimate of drug-likeness (QED) is 0.722. The highest BCUT2D eigenvalue weighted by Crippen LogP contribution is 2.26. The van der Waals surface area contributed by atoms with Crippen LogP contribution in [0.3, 0.4) is 0 Å². The van der Waals surface area contributed by atoms with Gasteiger partial charge in [-0.2, -0.15) is 10.2 Å². The van der Waals surface area contributed by atoms with Crippen LogP contribution in [0.25, 0.3) is 11.0 Å². The van der Waals surface area contributed by atoms with Crippen molar-refractivity contribution in [3.8, 4) is 0 Å². The molecule has 3 aromatic rings. The number of amides is 1. The minimum absolute atomic E-state index is 0.147. The lowest BCUT2D eigenvalue weighted by Crippen LogP contribution is -2.28. The first-order valence-electron chi connectivity index (χ1n) is 9.12. The van der Waals surface area contributed by atoms with Gasteiger partial charge in [0.05, 0.1) is 34.6 Å². The Balaban J connectivity index is 1.50. The smallest absolute Gasteiger partial charge is 0.252 e. The van der Waals surface area contributed by atoms with Gasteiger partial charge < -0.3 is 11.1 Å². The van der Waals surface area contributed by atoms with Gasteiger partial charge >= 0.3 is 0 Å². The van der Waals surface area contributed by atoms with Gasteiger partial charge in [-0.15, -0.1) is 0 Å². The molecule has 1 aliphatic rings. The summed E-state index contributed by atoms with van der Waals surface area (Å²) in [6.45, 7) is 7.80. The predicted octanol–water partition coefficient (Wildman–Crippen LogP) is 1.55. The molecule has 9 nitrogen and oxygen atoms in total. The monoisotopic (exact) mass is 368 g/mol. The van der Waals surface area contributed by atoms with Gasteiger partial charge in [0.1, 0.15) is 12.1 Å². The molecule has 0 fully saturated rings. The molecule has 0 radical (unpaired) electrons. The van der Waals surface area contributed by atoms with E-state index in [2.05, 4.69) is 46.3 Å². The largest absolute Gasteiger partial charge is 0.369 e. The number of nitrogens with zero attached hydrogens (tertiary/aromatic N) is 6. The third-order valence-corrected chi connectivity index (χ3v) is 4.99. The van der Waals surface area contributed by atoms with Gasteiger partial charge in [-0.1, -0.05) is 0 Å². The number of rotatable bonds is 4. The molecule has 1 aliphatic heterocycles. The highest BCUT2D eigenvalue weighted by molar-refractivity contribution is 5.93. The topological polar surface area (TPSA) is 117 Å². The van der Waals surface area contributed by atoms with Crippen LogP contribution < -0.4 is 11.1 Å². The molecule has 4 heterocycles. The van der Waals surface area contributed by atoms with Crippen molar-refractivity contribution >= 4 is 22.8 Å². The molecule has 0 saturated carbocycles. The normalized spacial score (nSPS) is 17.1. The highest BCUT2D eigenvalue weighted by atomic mass is 16.1. The Bertz CT molecular complexity index is 997. The molecule has 27 heavy (non-hydrogen) atoms. The average molecular weight is 368 g/mol. The van der Waals surface area contributed by atoms with Crippen LogP contribution in [0.15, 0.2) is 18.7 Å². The molecule has 9 heteroatoms. The van der Waals surface area contributed by atoms with Crippen molar-refractivity contribution in [3.63, 3.8) is 0 Å². The Morgan fingerprint density at radius 2 is 2.11 bits per heavy atom. The molecular weight excluding hydrogens is 344 g/mol. The van der Waals surface area contributed by atoms with Gasteiger partial charge in [-0.25, -0.2) is 14.6 Å². The van der Waals surface area contributed by atoms with Crippen molar-refractivity contribution in [2.24, 2.45) is 11.7 Å². The number of hydrogen-bond acceptors (Lipinski definition) is 6. The number of anilines is 1. The molecule has 0 saturated heterocycles. The fraction of sp³-hybridized carbons (Fsp3) is 0.500. The number of aromatic nitrogens is 6. The Morgan fingerprint density at radius 3 is 2.85 bits per heavy atom. The van der Waals surface area contributed by atoms with E-state index in [1.807, 2.05) is 15.6 Å². The molecule has 1 unspecified atom stereocenters. The number of nitrogens with one attached hydrogen (secondary N) is 1. The van der Waals surface area contributed by atoms with Crippen LogP contribution >= 0.6 is 0 Å². The number of fused-ring (bicyclic) bond motifs is 2. The van der Waals surface area contributed by atoms with Crippen LogP contribution in [0.4, 0.5) is 5.82 Å². The van der Waals surface area contributed by atoms with Gasteiger partial charge in [0.25, 0.3) is 5.91 Å². The number of primary amides is 1. The Kier molecular flexibility index (Phi) is 4.09. The lowest BCUT2D eigenvalue weighted by atomic mass is 9.96. The van der Waals surface area contributed by atoms with Gasteiger partial charge in [0.2, 0.25) is 0 Å². The number of carbonyl (C=O) groups excluding carboxylic acids is 1. The minimum atomic E-state index is -0.410. The standard InChI is InChI=1S/C18H24N8O/c1-18(2,3)26-17-13(8-24-26)16(21-10-22-17)20-6-11-4-5-14-12(15(19)27)7-23-25(14)9-11/h7-8,10-11H,4-6,9H2,1-3H3,(H2,19,27)(H,20,21,22). The van der Waals surface area contributed by atoms with E-state index >= 15 is 0 Å². The van der Waals surface area contributed by atoms with Crippen LogP contribution in [0.5, 0.6) is 0 Å². The summed E-state index contributed by atoms with van der Waals surface area (Å²) in [6, 6.07) is 0. The van der Waals surface area contributed by atoms with Crippen molar-refractivity contribution in [1.82, 2.24) is 29.5 Å². The van der Waals surface area contributed by atoms with Crippen LogP contribution in [-0.2, 0) is 18.5 Å². The number of nitrogens with two attached hydrogens (primary N) is 1. The van der Waals surface area contributed by atoms with E-state index in [0.717, 1.165) is 48.5 Å². The fourth-order valence-corrected chi connectivity index (χ4v) is 3.60. The highest BCUT2D eigenvalue weighted by Gasteiger charge is 2.24. The number of hydrogen-bond donors (Lipinski definition) is 2. The van der Waals surface area contributed by atoms with Crippen LogP contribution in [0.1, 0.15) is 43.2 Å². The molecule has 3 N–H and O–H groups in total. The van der Waals surface area contributed by atoms with Crippen LogP contribution in [-0.4, -0.2) is 42.0 Å². The third-order valence-electron chi connectivity index (χ3n) is 4.99. The molecule has 1 atom stereocenters. The number of carbonyl (C=O) groups is 1. The maximum absolute atomic E-state index is 11.5. The summed E-state index contributed by atoms with van der Waals surface area (Å²) < 4.78 is 3.81. The molecule has 3 aromatic heterocycles. The van der Waals surface area contributed by atoms with E-state index in [9.17, 15) is 4.79 Å². The van der Waals surface area contributed by atoms with Gasteiger partial charge in [0, 0.05) is 13.1 Å². The lowest BCUT2D eigenvalue weighted by molar-refractivity contribution is 0.0998. The summed E-state index contributed by atoms with van der Waals surface area (Å²) in [4.78, 5) is 20.3. The molecule has 4 rings (SSSR count). The summed E-state index contributed by atoms with van der Waals surface area (Å²) in [6.07, 6.45) is 6.72. The SMILES string of the molecule is CC(C)(C)n1ncc2c(NCC3CCc4c(C(N)=O)cnn4C3)ncnc21. The van der Waals surface area contributed by atoms with Gasteiger partial charge in [-0.3, -0.25) is 9.48 Å². The molecular formula is C18H24N8O. The van der Waals surface area contributed by atoms with E-state index in [0.29, 0.717) is 11.5 Å². The van der Waals surface area contributed by atoms with Crippen molar-refractivity contribution in [3.05, 3.63) is 30.0 Å². The summed E-state index contributed by atoms with van der Waals surface area (Å²) in [7, 11) is 0. The maximum Gasteiger partial charge on any atom is 0.252 e. The zero-order valence-corrected chi connectivity index (χ0v) is 15.8. The predicted molar refractivity (Wildman–Crippen MR) is 101 cm³/mol. The summed E-state index contributed by atoms with van der Waals surface area (Å²) in [5.41, 5.74) is 7.56. The summed E-state index contributed by atoms with van der Waals surface area (Å²) >= 11 is 0. The van der Waals surface area contributed by atoms with E-state index in [-0.39, 0.29) is 5.54 Å². The second-order valence-corrected chi connectivity index (χ2v) is 8.02. The molecule has 0 aromatic carbocycles. The zero-order chi connectivity index (χ0) is 19.2. The maximum atomic E-state index is 11.5. The Hall–Kier alpha value is -2.97. The first-order chi connectivity index (χ1) is 12.8. The van der Waals surface area contributed by atoms with Crippen molar-refractivity contribution < 1.29 is 4.79 Å². The first kappa shape index (κ1) is 17.4. The van der Waals surface area contributed by atoms with Crippen molar-refractivity contribution in [2.45, 2.75) is 45.7 Å². The first-order valence-corrected chi connectivity index (χ1v) is 9.12. The molecule has 0 bridgehead atoms. The molecule has 0 spiro atoms. The van der Waals surface area contributed by atoms with Crippen molar-refractivity contribution in [2.75, 3.05) is 11.9 Å². The Morgan fingerprint density at radius 1 is 1.30 bits per heavy atom. The van der Waals surface area contributed by atoms with E-state index < -0.39 is 5.91 Å². The third kappa shape index (κ3) is 3.13. The van der Waals surface area contributed by atoms with E-state index in [1.54, 1.807) is 12.5 Å². The fourth-order valence-electron chi connectivity index (χ4n) is 3.60. The second kappa shape index (κ2) is 6.33. The lowest BCUT2D eigenvalue weighted by Gasteiger charge is -2.24. The van der Waals surface area contributed by atoms with E-state index in [4.69, 9.17) is 5.73 Å². The minimum Gasteiger partial charge on any atom is -0.369 e. The van der Waals surface area contributed by atoms with Gasteiger partial charge in [0.15, 0.2) is 5.65 Å². The zero-order valence-electron chi connectivity index (χ0n) is 15.8. The summed E-state index contributed by atoms with van der Waals surface area (Å²) in [5.74, 6) is 0.771. The van der Waals surface area contributed by atoms with Gasteiger partial charge in [-0.05, 0) is 39.5 Å². The average Bonchev–Trinajstić information content (AvgIpc) is 3.23. The molecule has 142 valence electrons. The molecule has 1 amide bonds. The van der Waals surface area contributed by atoms with Crippen LogP contribution in [0.2, 0.25) is 0 Å².